The highest BCUT2D eigenvalue weighted by atomic mass is 32.2. The molecule has 0 unspecified atom stereocenters. The zero-order valence-electron chi connectivity index (χ0n) is 14.6. The van der Waals surface area contributed by atoms with Crippen molar-refractivity contribution in [3.63, 3.8) is 0 Å². The largest absolute Gasteiger partial charge is 0.488 e. The van der Waals surface area contributed by atoms with Crippen LogP contribution in [-0.4, -0.2) is 25.7 Å². The summed E-state index contributed by atoms with van der Waals surface area (Å²) in [6.07, 6.45) is 1.13. The van der Waals surface area contributed by atoms with Crippen LogP contribution < -0.4 is 4.74 Å². The molecule has 3 rings (SSSR count). The molecule has 0 saturated heterocycles. The third-order valence-corrected chi connectivity index (χ3v) is 5.15. The van der Waals surface area contributed by atoms with Crippen LogP contribution in [0.25, 0.3) is 11.1 Å². The molecular formula is C21H18O5S. The number of hydrogen-bond donors (Lipinski definition) is 1. The fourth-order valence-electron chi connectivity index (χ4n) is 2.64. The molecule has 0 aliphatic carbocycles. The molecule has 1 N–H and O–H groups in total. The second-order valence-corrected chi connectivity index (χ2v) is 8.11. The fourth-order valence-corrected chi connectivity index (χ4v) is 3.31. The first kappa shape index (κ1) is 18.7. The zero-order chi connectivity index (χ0) is 19.4. The highest BCUT2D eigenvalue weighted by Crippen LogP contribution is 2.29. The SMILES string of the molecule is CS(=O)(=O)c1cccc(-c2ccc(OCc3ccccc3)c(C(=O)O)c2)c1. The minimum atomic E-state index is -3.35. The van der Waals surface area contributed by atoms with Gasteiger partial charge in [0.1, 0.15) is 17.9 Å². The van der Waals surface area contributed by atoms with Gasteiger partial charge < -0.3 is 9.84 Å². The van der Waals surface area contributed by atoms with Gasteiger partial charge in [-0.3, -0.25) is 0 Å². The van der Waals surface area contributed by atoms with Crippen LogP contribution in [0.15, 0.2) is 77.7 Å². The molecule has 5 nitrogen and oxygen atoms in total. The minimum Gasteiger partial charge on any atom is -0.488 e. The molecule has 0 heterocycles. The lowest BCUT2D eigenvalue weighted by molar-refractivity contribution is 0.0692. The summed E-state index contributed by atoms with van der Waals surface area (Å²) in [5.41, 5.74) is 2.17. The second-order valence-electron chi connectivity index (χ2n) is 6.09. The van der Waals surface area contributed by atoms with Gasteiger partial charge in [-0.15, -0.1) is 0 Å². The Morgan fingerprint density at radius 2 is 1.63 bits per heavy atom. The van der Waals surface area contributed by atoms with Gasteiger partial charge in [0.15, 0.2) is 9.84 Å². The number of carboxylic acid groups (broad SMARTS) is 1. The lowest BCUT2D eigenvalue weighted by Crippen LogP contribution is -2.04. The molecule has 0 fully saturated rings. The molecule has 138 valence electrons. The van der Waals surface area contributed by atoms with Crippen LogP contribution in [-0.2, 0) is 16.4 Å². The number of ether oxygens (including phenoxy) is 1. The molecule has 0 radical (unpaired) electrons. The summed E-state index contributed by atoms with van der Waals surface area (Å²) >= 11 is 0. The van der Waals surface area contributed by atoms with Crippen LogP contribution in [0.3, 0.4) is 0 Å². The van der Waals surface area contributed by atoms with E-state index in [2.05, 4.69) is 0 Å². The van der Waals surface area contributed by atoms with Gasteiger partial charge in [0.2, 0.25) is 0 Å². The lowest BCUT2D eigenvalue weighted by atomic mass is 10.0. The van der Waals surface area contributed by atoms with Gasteiger partial charge >= 0.3 is 5.97 Å². The Morgan fingerprint density at radius 3 is 2.30 bits per heavy atom. The Labute approximate surface area is 157 Å². The van der Waals surface area contributed by atoms with Gasteiger partial charge in [-0.2, -0.15) is 0 Å². The standard InChI is InChI=1S/C21H18O5S/c1-27(24,25)18-9-5-8-16(12-18)17-10-11-20(19(13-17)21(22)23)26-14-15-6-3-2-4-7-15/h2-13H,14H2,1H3,(H,22,23). The number of hydrogen-bond acceptors (Lipinski definition) is 4. The summed E-state index contributed by atoms with van der Waals surface area (Å²) in [5, 5.41) is 9.54. The molecule has 0 aliphatic heterocycles. The van der Waals surface area contributed by atoms with E-state index in [-0.39, 0.29) is 22.8 Å². The average Bonchev–Trinajstić information content (AvgIpc) is 2.66. The first-order valence-corrected chi connectivity index (χ1v) is 10.1. The van der Waals surface area contributed by atoms with Crippen LogP contribution in [0, 0.1) is 0 Å². The second kappa shape index (κ2) is 7.63. The summed E-state index contributed by atoms with van der Waals surface area (Å²) in [7, 11) is -3.35. The van der Waals surface area contributed by atoms with Crippen molar-refractivity contribution in [3.05, 3.63) is 83.9 Å². The minimum absolute atomic E-state index is 0.0215. The molecule has 0 atom stereocenters. The Hall–Kier alpha value is -3.12. The number of carboxylic acids is 1. The number of sulfone groups is 1. The van der Waals surface area contributed by atoms with Gasteiger partial charge in [0, 0.05) is 6.26 Å². The lowest BCUT2D eigenvalue weighted by Gasteiger charge is -2.12. The van der Waals surface area contributed by atoms with Crippen molar-refractivity contribution in [2.45, 2.75) is 11.5 Å². The Kier molecular flexibility index (Phi) is 5.28. The van der Waals surface area contributed by atoms with E-state index in [0.717, 1.165) is 11.8 Å². The summed E-state index contributed by atoms with van der Waals surface area (Å²) in [6.45, 7) is 0.254. The predicted octanol–water partition coefficient (Wildman–Crippen LogP) is 4.03. The Balaban J connectivity index is 1.93. The van der Waals surface area contributed by atoms with E-state index < -0.39 is 15.8 Å². The third-order valence-electron chi connectivity index (χ3n) is 4.04. The molecule has 6 heteroatoms. The van der Waals surface area contributed by atoms with E-state index in [9.17, 15) is 18.3 Å². The summed E-state index contributed by atoms with van der Waals surface area (Å²) in [4.78, 5) is 11.8. The first-order chi connectivity index (χ1) is 12.8. The van der Waals surface area contributed by atoms with Gasteiger partial charge in [0.25, 0.3) is 0 Å². The van der Waals surface area contributed by atoms with Crippen molar-refractivity contribution >= 4 is 15.8 Å². The highest BCUT2D eigenvalue weighted by molar-refractivity contribution is 7.90. The van der Waals surface area contributed by atoms with Gasteiger partial charge in [-0.25, -0.2) is 13.2 Å². The third kappa shape index (κ3) is 4.54. The van der Waals surface area contributed by atoms with E-state index in [4.69, 9.17) is 4.74 Å². The van der Waals surface area contributed by atoms with Crippen LogP contribution in [0.2, 0.25) is 0 Å². The Bertz CT molecular complexity index is 1070. The summed E-state index contributed by atoms with van der Waals surface area (Å²) < 4.78 is 29.2. The highest BCUT2D eigenvalue weighted by Gasteiger charge is 2.15. The maximum absolute atomic E-state index is 11.8. The van der Waals surface area contributed by atoms with Crippen molar-refractivity contribution in [2.24, 2.45) is 0 Å². The number of benzene rings is 3. The fraction of sp³-hybridized carbons (Fsp3) is 0.0952. The molecule has 0 spiro atoms. The molecule has 3 aromatic carbocycles. The van der Waals surface area contributed by atoms with E-state index >= 15 is 0 Å². The molecule has 27 heavy (non-hydrogen) atoms. The number of carbonyl (C=O) groups is 1. The maximum atomic E-state index is 11.8. The average molecular weight is 382 g/mol. The zero-order valence-corrected chi connectivity index (χ0v) is 15.4. The topological polar surface area (TPSA) is 80.7 Å². The molecule has 0 amide bonds. The predicted molar refractivity (Wildman–Crippen MR) is 103 cm³/mol. The van der Waals surface area contributed by atoms with Crippen LogP contribution in [0.4, 0.5) is 0 Å². The first-order valence-electron chi connectivity index (χ1n) is 8.19. The summed E-state index contributed by atoms with van der Waals surface area (Å²) in [5.74, 6) is -0.853. The number of rotatable bonds is 6. The smallest absolute Gasteiger partial charge is 0.339 e. The molecule has 0 aromatic heterocycles. The van der Waals surface area contributed by atoms with Crippen LogP contribution in [0.1, 0.15) is 15.9 Å². The van der Waals surface area contributed by atoms with E-state index in [1.165, 1.54) is 18.2 Å². The van der Waals surface area contributed by atoms with Gasteiger partial charge in [-0.05, 0) is 41.0 Å². The number of aromatic carboxylic acids is 1. The van der Waals surface area contributed by atoms with E-state index in [0.29, 0.717) is 11.1 Å². The van der Waals surface area contributed by atoms with Gasteiger partial charge in [-0.1, -0.05) is 48.5 Å². The quantitative estimate of drug-likeness (QED) is 0.696. The van der Waals surface area contributed by atoms with Crippen molar-refractivity contribution < 1.29 is 23.1 Å². The molecule has 0 bridgehead atoms. The van der Waals surface area contributed by atoms with Crippen LogP contribution in [0.5, 0.6) is 5.75 Å². The van der Waals surface area contributed by atoms with E-state index in [1.807, 2.05) is 30.3 Å². The Morgan fingerprint density at radius 1 is 0.926 bits per heavy atom. The van der Waals surface area contributed by atoms with Crippen molar-refractivity contribution in [1.82, 2.24) is 0 Å². The van der Waals surface area contributed by atoms with Crippen molar-refractivity contribution in [3.8, 4) is 16.9 Å². The molecule has 0 saturated carbocycles. The summed E-state index contributed by atoms with van der Waals surface area (Å²) in [6, 6.07) is 20.7. The maximum Gasteiger partial charge on any atom is 0.339 e. The van der Waals surface area contributed by atoms with Crippen molar-refractivity contribution in [2.75, 3.05) is 6.26 Å². The molecule has 3 aromatic rings. The van der Waals surface area contributed by atoms with Crippen molar-refractivity contribution in [1.29, 1.82) is 0 Å². The monoisotopic (exact) mass is 382 g/mol. The van der Waals surface area contributed by atoms with Gasteiger partial charge in [0.05, 0.1) is 4.90 Å². The molecular weight excluding hydrogens is 364 g/mol. The van der Waals surface area contributed by atoms with Crippen LogP contribution >= 0.6 is 0 Å². The normalized spacial score (nSPS) is 11.1. The van der Waals surface area contributed by atoms with E-state index in [1.54, 1.807) is 24.3 Å². The molecule has 0 aliphatic rings.